The van der Waals surface area contributed by atoms with Gasteiger partial charge in [0.05, 0.1) is 12.5 Å². The fraction of sp³-hybridized carbons (Fsp3) is 0.158. The van der Waals surface area contributed by atoms with Gasteiger partial charge in [-0.3, -0.25) is 29.8 Å². The van der Waals surface area contributed by atoms with Crippen LogP contribution in [0.4, 0.5) is 0 Å². The molecule has 2 heterocycles. The number of nitrogens with zero attached hydrogens (tertiary/aromatic N) is 2. The third kappa shape index (κ3) is 3.50. The second kappa shape index (κ2) is 7.28. The SMILES string of the molecule is CC(=O)c1c(C)[nH]c(C(=O)NNC(=O)c2cncn2-c2ccccc2)c1C. The van der Waals surface area contributed by atoms with Crippen LogP contribution in [0, 0.1) is 13.8 Å². The maximum atomic E-state index is 12.5. The van der Waals surface area contributed by atoms with Crippen LogP contribution in [0.3, 0.4) is 0 Å². The summed E-state index contributed by atoms with van der Waals surface area (Å²) in [5.74, 6) is -1.18. The molecule has 0 aliphatic carbocycles. The second-order valence-electron chi connectivity index (χ2n) is 6.07. The third-order valence-electron chi connectivity index (χ3n) is 4.21. The smallest absolute Gasteiger partial charge is 0.288 e. The predicted molar refractivity (Wildman–Crippen MR) is 98.8 cm³/mol. The highest BCUT2D eigenvalue weighted by Crippen LogP contribution is 2.18. The molecule has 1 aromatic carbocycles. The highest BCUT2D eigenvalue weighted by atomic mass is 16.2. The number of Topliss-reactive ketones (excluding diaryl/α,β-unsaturated/α-hetero) is 1. The van der Waals surface area contributed by atoms with Crippen LogP contribution >= 0.6 is 0 Å². The number of aromatic nitrogens is 3. The van der Waals surface area contributed by atoms with Crippen LogP contribution in [0.15, 0.2) is 42.9 Å². The number of carbonyl (C=O) groups is 3. The lowest BCUT2D eigenvalue weighted by Gasteiger charge is -2.10. The molecule has 0 aliphatic rings. The van der Waals surface area contributed by atoms with Crippen molar-refractivity contribution in [1.82, 2.24) is 25.4 Å². The molecule has 8 heteroatoms. The Morgan fingerprint density at radius 2 is 1.70 bits per heavy atom. The van der Waals surface area contributed by atoms with Gasteiger partial charge in [-0.15, -0.1) is 0 Å². The minimum absolute atomic E-state index is 0.129. The van der Waals surface area contributed by atoms with Crippen LogP contribution in [-0.2, 0) is 0 Å². The molecule has 2 aromatic heterocycles. The van der Waals surface area contributed by atoms with Gasteiger partial charge in [-0.05, 0) is 38.5 Å². The summed E-state index contributed by atoms with van der Waals surface area (Å²) in [4.78, 5) is 43.4. The van der Waals surface area contributed by atoms with E-state index in [0.29, 0.717) is 16.8 Å². The van der Waals surface area contributed by atoms with Crippen molar-refractivity contribution in [3.05, 3.63) is 71.1 Å². The third-order valence-corrected chi connectivity index (χ3v) is 4.21. The summed E-state index contributed by atoms with van der Waals surface area (Å²) in [6.07, 6.45) is 2.93. The van der Waals surface area contributed by atoms with E-state index < -0.39 is 11.8 Å². The zero-order valence-electron chi connectivity index (χ0n) is 15.2. The number of carbonyl (C=O) groups excluding carboxylic acids is 3. The van der Waals surface area contributed by atoms with Crippen molar-refractivity contribution < 1.29 is 14.4 Å². The van der Waals surface area contributed by atoms with E-state index in [-0.39, 0.29) is 17.2 Å². The topological polar surface area (TPSA) is 109 Å². The number of hydrogen-bond acceptors (Lipinski definition) is 4. The molecule has 3 rings (SSSR count). The van der Waals surface area contributed by atoms with Crippen LogP contribution in [-0.4, -0.2) is 32.1 Å². The first-order chi connectivity index (χ1) is 12.9. The summed E-state index contributed by atoms with van der Waals surface area (Å²) in [6.45, 7) is 4.84. The Labute approximate surface area is 155 Å². The predicted octanol–water partition coefficient (Wildman–Crippen LogP) is 2.09. The molecule has 3 N–H and O–H groups in total. The van der Waals surface area contributed by atoms with E-state index in [0.717, 1.165) is 5.69 Å². The lowest BCUT2D eigenvalue weighted by Crippen LogP contribution is -2.42. The summed E-state index contributed by atoms with van der Waals surface area (Å²) in [5, 5.41) is 0. The maximum absolute atomic E-state index is 12.5. The monoisotopic (exact) mass is 365 g/mol. The number of amides is 2. The summed E-state index contributed by atoms with van der Waals surface area (Å²) < 4.78 is 1.61. The van der Waals surface area contributed by atoms with Crippen LogP contribution in [0.5, 0.6) is 0 Å². The Morgan fingerprint density at radius 1 is 1.04 bits per heavy atom. The molecule has 2 amide bonds. The molecule has 0 aliphatic heterocycles. The van der Waals surface area contributed by atoms with Gasteiger partial charge in [-0.2, -0.15) is 0 Å². The highest BCUT2D eigenvalue weighted by Gasteiger charge is 2.21. The maximum Gasteiger partial charge on any atom is 0.288 e. The van der Waals surface area contributed by atoms with E-state index in [1.807, 2.05) is 30.3 Å². The fourth-order valence-electron chi connectivity index (χ4n) is 3.00. The first kappa shape index (κ1) is 18.1. The molecule has 0 spiro atoms. The van der Waals surface area contributed by atoms with Crippen molar-refractivity contribution in [2.24, 2.45) is 0 Å². The van der Waals surface area contributed by atoms with E-state index in [1.54, 1.807) is 18.4 Å². The molecule has 0 atom stereocenters. The van der Waals surface area contributed by atoms with Crippen LogP contribution < -0.4 is 10.9 Å². The average molecular weight is 365 g/mol. The second-order valence-corrected chi connectivity index (χ2v) is 6.07. The van der Waals surface area contributed by atoms with Gasteiger partial charge in [0.15, 0.2) is 5.78 Å². The van der Waals surface area contributed by atoms with Crippen molar-refractivity contribution >= 4 is 17.6 Å². The number of hydrazine groups is 1. The molecule has 0 unspecified atom stereocenters. The number of para-hydroxylation sites is 1. The highest BCUT2D eigenvalue weighted by molar-refractivity contribution is 6.03. The van der Waals surface area contributed by atoms with Gasteiger partial charge >= 0.3 is 0 Å². The molecule has 0 saturated carbocycles. The van der Waals surface area contributed by atoms with Crippen molar-refractivity contribution in [3.63, 3.8) is 0 Å². The summed E-state index contributed by atoms with van der Waals surface area (Å²) in [7, 11) is 0. The summed E-state index contributed by atoms with van der Waals surface area (Å²) in [5.41, 5.74) is 7.64. The minimum Gasteiger partial charge on any atom is -0.354 e. The van der Waals surface area contributed by atoms with Gasteiger partial charge in [0, 0.05) is 16.9 Å². The molecule has 138 valence electrons. The van der Waals surface area contributed by atoms with Gasteiger partial charge in [-0.25, -0.2) is 4.98 Å². The van der Waals surface area contributed by atoms with Crippen LogP contribution in [0.25, 0.3) is 5.69 Å². The normalized spacial score (nSPS) is 10.5. The zero-order valence-corrected chi connectivity index (χ0v) is 15.2. The van der Waals surface area contributed by atoms with Gasteiger partial charge in [0.1, 0.15) is 11.4 Å². The number of aromatic amines is 1. The Kier molecular flexibility index (Phi) is 4.89. The number of imidazole rings is 1. The largest absolute Gasteiger partial charge is 0.354 e. The van der Waals surface area contributed by atoms with Crippen LogP contribution in [0.2, 0.25) is 0 Å². The molecule has 8 nitrogen and oxygen atoms in total. The lowest BCUT2D eigenvalue weighted by atomic mass is 10.1. The Hall–Kier alpha value is -3.68. The first-order valence-electron chi connectivity index (χ1n) is 8.28. The van der Waals surface area contributed by atoms with Gasteiger partial charge in [0.2, 0.25) is 0 Å². The van der Waals surface area contributed by atoms with E-state index in [1.165, 1.54) is 19.4 Å². The molecule has 0 saturated heterocycles. The van der Waals surface area contributed by atoms with E-state index in [9.17, 15) is 14.4 Å². The number of benzene rings is 1. The van der Waals surface area contributed by atoms with Crippen molar-refractivity contribution in [1.29, 1.82) is 0 Å². The number of H-pyrrole nitrogens is 1. The number of ketones is 1. The number of hydrogen-bond donors (Lipinski definition) is 3. The van der Waals surface area contributed by atoms with E-state index >= 15 is 0 Å². The molecule has 0 fully saturated rings. The summed E-state index contributed by atoms with van der Waals surface area (Å²) in [6, 6.07) is 9.25. The number of aryl methyl sites for hydroxylation is 1. The minimum atomic E-state index is -0.540. The average Bonchev–Trinajstić information content (AvgIpc) is 3.24. The van der Waals surface area contributed by atoms with Gasteiger partial charge in [-0.1, -0.05) is 18.2 Å². The fourth-order valence-corrected chi connectivity index (χ4v) is 3.00. The number of rotatable bonds is 4. The lowest BCUT2D eigenvalue weighted by molar-refractivity contribution is 0.0840. The van der Waals surface area contributed by atoms with Gasteiger partial charge < -0.3 is 4.98 Å². The molecular weight excluding hydrogens is 346 g/mol. The first-order valence-corrected chi connectivity index (χ1v) is 8.28. The Bertz CT molecular complexity index is 1020. The van der Waals surface area contributed by atoms with Gasteiger partial charge in [0.25, 0.3) is 11.8 Å². The summed E-state index contributed by atoms with van der Waals surface area (Å²) >= 11 is 0. The standard InChI is InChI=1S/C19H19N5O3/c1-11-16(13(3)25)12(2)21-17(11)19(27)23-22-18(26)15-9-20-10-24(15)14-7-5-4-6-8-14/h4-10,21H,1-3H3,(H,22,26)(H,23,27). The number of nitrogens with one attached hydrogen (secondary N) is 3. The van der Waals surface area contributed by atoms with Crippen molar-refractivity contribution in [3.8, 4) is 5.69 Å². The Morgan fingerprint density at radius 3 is 2.33 bits per heavy atom. The molecule has 0 radical (unpaired) electrons. The molecule has 27 heavy (non-hydrogen) atoms. The van der Waals surface area contributed by atoms with E-state index in [2.05, 4.69) is 20.8 Å². The van der Waals surface area contributed by atoms with Crippen molar-refractivity contribution in [2.45, 2.75) is 20.8 Å². The van der Waals surface area contributed by atoms with E-state index in [4.69, 9.17) is 0 Å². The molecule has 0 bridgehead atoms. The van der Waals surface area contributed by atoms with Crippen LogP contribution in [0.1, 0.15) is 49.5 Å². The zero-order chi connectivity index (χ0) is 19.6. The molecular formula is C19H19N5O3. The Balaban J connectivity index is 1.74. The molecule has 3 aromatic rings. The quantitative estimate of drug-likeness (QED) is 0.486. The van der Waals surface area contributed by atoms with Crippen molar-refractivity contribution in [2.75, 3.05) is 0 Å².